The lowest BCUT2D eigenvalue weighted by Crippen LogP contribution is -2.03. The average Bonchev–Trinajstić information content (AvgIpc) is 1.30. The van der Waals surface area contributed by atoms with Crippen LogP contribution in [-0.4, -0.2) is 26.8 Å². The summed E-state index contributed by atoms with van der Waals surface area (Å²) in [5.74, 6) is 0. The molecule has 7 heteroatoms. The van der Waals surface area contributed by atoms with Crippen molar-refractivity contribution in [2.24, 2.45) is 0 Å². The third-order valence-electron chi connectivity index (χ3n) is 0.258. The van der Waals surface area contributed by atoms with Gasteiger partial charge in [-0.05, 0) is 0 Å². The Morgan fingerprint density at radius 1 is 1.29 bits per heavy atom. The molecule has 0 unspecified atom stereocenters. The van der Waals surface area contributed by atoms with E-state index in [2.05, 4.69) is 7.15 Å². The van der Waals surface area contributed by atoms with Crippen molar-refractivity contribution in [3.05, 3.63) is 0 Å². The van der Waals surface area contributed by atoms with Crippen LogP contribution in [-0.2, 0) is 11.7 Å². The molecule has 0 aromatic carbocycles. The van der Waals surface area contributed by atoms with E-state index in [0.717, 1.165) is 0 Å². The highest BCUT2D eigenvalue weighted by atomic mass is 31.1. The SMILES string of the molecule is O.O.O=[P+]1[O][Al][O]1. The second kappa shape index (κ2) is 4.63. The van der Waals surface area contributed by atoms with E-state index in [1.807, 2.05) is 0 Å². The first kappa shape index (κ1) is 10.5. The summed E-state index contributed by atoms with van der Waals surface area (Å²) in [5.41, 5.74) is 0. The minimum Gasteiger partial charge on any atom is -0.412 e. The summed E-state index contributed by atoms with van der Waals surface area (Å²) in [6.07, 6.45) is 0. The van der Waals surface area contributed by atoms with E-state index < -0.39 is 8.25 Å². The van der Waals surface area contributed by atoms with Crippen molar-refractivity contribution < 1.29 is 22.7 Å². The van der Waals surface area contributed by atoms with E-state index in [1.165, 1.54) is 0 Å². The van der Waals surface area contributed by atoms with Crippen LogP contribution in [0.15, 0.2) is 0 Å². The Kier molecular flexibility index (Phi) is 6.91. The van der Waals surface area contributed by atoms with Crippen molar-refractivity contribution in [2.75, 3.05) is 0 Å². The maximum absolute atomic E-state index is 9.62. The molecule has 41 valence electrons. The second-order valence-electron chi connectivity index (χ2n) is 0.531. The van der Waals surface area contributed by atoms with E-state index in [1.54, 1.807) is 0 Å². The minimum atomic E-state index is -1.63. The van der Waals surface area contributed by atoms with Gasteiger partial charge >= 0.3 is 24.1 Å². The average molecular weight is 142 g/mol. The lowest BCUT2D eigenvalue weighted by molar-refractivity contribution is 0.332. The number of hydrogen-bond acceptors (Lipinski definition) is 3. The molecular formula is H4AlO5P+. The Bertz CT molecular complexity index is 55.1. The Labute approximate surface area is 47.6 Å². The first-order valence-electron chi connectivity index (χ1n) is 1.02. The minimum absolute atomic E-state index is 0. The van der Waals surface area contributed by atoms with Crippen molar-refractivity contribution in [2.45, 2.75) is 0 Å². The highest BCUT2D eigenvalue weighted by Crippen LogP contribution is 2.30. The first-order valence-corrected chi connectivity index (χ1v) is 3.06. The van der Waals surface area contributed by atoms with Gasteiger partial charge in [0.05, 0.1) is 0 Å². The van der Waals surface area contributed by atoms with E-state index in [9.17, 15) is 4.57 Å². The van der Waals surface area contributed by atoms with Gasteiger partial charge in [0.2, 0.25) is 0 Å². The van der Waals surface area contributed by atoms with Crippen LogP contribution < -0.4 is 0 Å². The van der Waals surface area contributed by atoms with Crippen molar-refractivity contribution in [3.63, 3.8) is 0 Å². The van der Waals surface area contributed by atoms with Crippen LogP contribution in [0.4, 0.5) is 0 Å². The monoisotopic (exact) mass is 142 g/mol. The summed E-state index contributed by atoms with van der Waals surface area (Å²) in [6, 6.07) is 0. The molecule has 5 nitrogen and oxygen atoms in total. The van der Waals surface area contributed by atoms with E-state index in [4.69, 9.17) is 0 Å². The van der Waals surface area contributed by atoms with Crippen LogP contribution in [0.5, 0.6) is 0 Å². The molecule has 0 aromatic rings. The summed E-state index contributed by atoms with van der Waals surface area (Å²) in [4.78, 5) is 0. The molecule has 0 aliphatic carbocycles. The highest BCUT2D eigenvalue weighted by molar-refractivity contribution is 7.39. The molecule has 4 N–H and O–H groups in total. The molecule has 0 atom stereocenters. The molecule has 0 aromatic heterocycles. The molecule has 1 heterocycles. The standard InChI is InChI=1S/Al.HO3P.2H2O/c;1-4(2)3;;/h;(H,1,2,3);2*1H2/q+2;;;/p-1. The van der Waals surface area contributed by atoms with Crippen molar-refractivity contribution in [1.29, 1.82) is 0 Å². The fourth-order valence-corrected chi connectivity index (χ4v) is 0.704. The van der Waals surface area contributed by atoms with Gasteiger partial charge in [-0.15, -0.1) is 0 Å². The van der Waals surface area contributed by atoms with Gasteiger partial charge < -0.3 is 11.0 Å². The zero-order chi connectivity index (χ0) is 3.70. The van der Waals surface area contributed by atoms with E-state index in [0.29, 0.717) is 0 Å². The predicted molar refractivity (Wildman–Crippen MR) is 22.8 cm³/mol. The summed E-state index contributed by atoms with van der Waals surface area (Å²) in [6.45, 7) is 0. The first-order chi connectivity index (χ1) is 2.39. The Morgan fingerprint density at radius 3 is 1.57 bits per heavy atom. The zero-order valence-electron chi connectivity index (χ0n) is 3.25. The maximum Gasteiger partial charge on any atom is 0.811 e. The number of rotatable bonds is 0. The smallest absolute Gasteiger partial charge is 0.412 e. The Balaban J connectivity index is 0. The molecule has 1 aliphatic rings. The molecule has 7 heavy (non-hydrogen) atoms. The van der Waals surface area contributed by atoms with E-state index >= 15 is 0 Å². The van der Waals surface area contributed by atoms with Gasteiger partial charge in [0.25, 0.3) is 0 Å². The molecule has 0 saturated carbocycles. The van der Waals surface area contributed by atoms with Crippen LogP contribution in [0.1, 0.15) is 0 Å². The van der Waals surface area contributed by atoms with Gasteiger partial charge in [0.1, 0.15) is 0 Å². The van der Waals surface area contributed by atoms with Crippen LogP contribution >= 0.6 is 8.25 Å². The predicted octanol–water partition coefficient (Wildman–Crippen LogP) is -1.42. The van der Waals surface area contributed by atoms with Gasteiger partial charge in [-0.1, -0.05) is 0 Å². The molecule has 0 bridgehead atoms. The fourth-order valence-electron chi connectivity index (χ4n) is 0.0782. The quantitative estimate of drug-likeness (QED) is 0.306. The zero-order valence-corrected chi connectivity index (χ0v) is 5.30. The van der Waals surface area contributed by atoms with Crippen LogP contribution in [0.3, 0.4) is 0 Å². The van der Waals surface area contributed by atoms with Gasteiger partial charge in [0.15, 0.2) is 0 Å². The highest BCUT2D eigenvalue weighted by Gasteiger charge is 2.37. The Morgan fingerprint density at radius 2 is 1.57 bits per heavy atom. The molecule has 1 fully saturated rings. The fraction of sp³-hybridized carbons (Fsp3) is 0. The third-order valence-corrected chi connectivity index (χ3v) is 2.32. The molecule has 1 rings (SSSR count). The summed E-state index contributed by atoms with van der Waals surface area (Å²) >= 11 is -0.354. The second-order valence-corrected chi connectivity index (χ2v) is 2.86. The maximum atomic E-state index is 9.62. The molecule has 0 amide bonds. The van der Waals surface area contributed by atoms with Crippen LogP contribution in [0, 0.1) is 0 Å². The van der Waals surface area contributed by atoms with Crippen LogP contribution in [0.2, 0.25) is 0 Å². The summed E-state index contributed by atoms with van der Waals surface area (Å²) in [7, 11) is -1.63. The van der Waals surface area contributed by atoms with Gasteiger partial charge in [-0.25, -0.2) is 7.15 Å². The topological polar surface area (TPSA) is 98.5 Å². The van der Waals surface area contributed by atoms with Crippen molar-refractivity contribution in [1.82, 2.24) is 0 Å². The lowest BCUT2D eigenvalue weighted by Gasteiger charge is -1.87. The van der Waals surface area contributed by atoms with Crippen LogP contribution in [0.25, 0.3) is 0 Å². The number of hydrogen-bond donors (Lipinski definition) is 0. The molecular weight excluding hydrogens is 138 g/mol. The normalized spacial score (nSPS) is 14.6. The van der Waals surface area contributed by atoms with Crippen molar-refractivity contribution >= 4 is 24.1 Å². The largest absolute Gasteiger partial charge is 0.811 e. The molecule has 1 saturated heterocycles. The van der Waals surface area contributed by atoms with Gasteiger partial charge in [0, 0.05) is 4.57 Å². The lowest BCUT2D eigenvalue weighted by atomic mass is 15.7. The van der Waals surface area contributed by atoms with Crippen molar-refractivity contribution in [3.8, 4) is 0 Å². The molecule has 0 spiro atoms. The molecule has 1 aliphatic heterocycles. The van der Waals surface area contributed by atoms with Gasteiger partial charge in [-0.3, -0.25) is 0 Å². The third kappa shape index (κ3) is 3.09. The van der Waals surface area contributed by atoms with Gasteiger partial charge in [-0.2, -0.15) is 0 Å². The van der Waals surface area contributed by atoms with E-state index in [-0.39, 0.29) is 26.8 Å². The molecule has 1 radical (unpaired) electrons. The summed E-state index contributed by atoms with van der Waals surface area (Å²) in [5, 5.41) is 0. The summed E-state index contributed by atoms with van der Waals surface area (Å²) < 4.78 is 18.2. The Hall–Kier alpha value is 0.472.